The number of ether oxygens (including phenoxy) is 2. The second-order valence-corrected chi connectivity index (χ2v) is 7.24. The lowest BCUT2D eigenvalue weighted by atomic mass is 10.2. The number of nitrogens with zero attached hydrogens (tertiary/aromatic N) is 6. The number of fused-ring (bicyclic) bond motifs is 1. The van der Waals surface area contributed by atoms with Crippen molar-refractivity contribution < 1.29 is 9.47 Å². The lowest BCUT2D eigenvalue weighted by Crippen LogP contribution is -2.51. The van der Waals surface area contributed by atoms with Crippen molar-refractivity contribution in [3.63, 3.8) is 0 Å². The minimum absolute atomic E-state index is 0.601. The number of methoxy groups -OCH3 is 2. The Morgan fingerprint density at radius 2 is 1.77 bits per heavy atom. The summed E-state index contributed by atoms with van der Waals surface area (Å²) in [5.74, 6) is 2.18. The third-order valence-corrected chi connectivity index (χ3v) is 5.42. The van der Waals surface area contributed by atoms with E-state index in [2.05, 4.69) is 35.3 Å². The van der Waals surface area contributed by atoms with Crippen LogP contribution in [0.15, 0.2) is 48.1 Å². The summed E-state index contributed by atoms with van der Waals surface area (Å²) >= 11 is 5.50. The Labute approximate surface area is 185 Å². The second kappa shape index (κ2) is 9.52. The number of aromatic nitrogens is 3. The smallest absolute Gasteiger partial charge is 0.189 e. The fourth-order valence-electron chi connectivity index (χ4n) is 3.43. The number of thiocarbonyl (C=S) groups is 1. The van der Waals surface area contributed by atoms with Crippen LogP contribution in [-0.2, 0) is 0 Å². The van der Waals surface area contributed by atoms with E-state index < -0.39 is 0 Å². The van der Waals surface area contributed by atoms with Crippen LogP contribution in [0, 0.1) is 0 Å². The maximum atomic E-state index is 5.50. The van der Waals surface area contributed by atoms with E-state index in [1.165, 1.54) is 0 Å². The normalized spacial score (nSPS) is 14.1. The number of rotatable bonds is 5. The minimum Gasteiger partial charge on any atom is -0.493 e. The summed E-state index contributed by atoms with van der Waals surface area (Å²) in [5, 5.41) is 5.75. The van der Waals surface area contributed by atoms with Crippen molar-refractivity contribution in [2.24, 2.45) is 5.10 Å². The molecule has 10 heteroatoms. The van der Waals surface area contributed by atoms with Crippen LogP contribution < -0.4 is 19.8 Å². The first-order chi connectivity index (χ1) is 15.2. The number of piperazine rings is 1. The van der Waals surface area contributed by atoms with Gasteiger partial charge in [-0.05, 0) is 36.0 Å². The average Bonchev–Trinajstić information content (AvgIpc) is 2.83. The topological polar surface area (TPSA) is 88.0 Å². The monoisotopic (exact) mass is 437 g/mol. The average molecular weight is 438 g/mol. The molecular weight excluding hydrogens is 414 g/mol. The van der Waals surface area contributed by atoms with Crippen LogP contribution in [0.2, 0.25) is 0 Å². The standard InChI is InChI=1S/C21H23N7O2S/c1-29-18-11-16-17(12-19(18)30-2)23-14-24-20(16)27-7-9-28(10-8-27)21(31)26-25-13-15-3-5-22-6-4-15/h3-6,11-14H,7-10H2,1-2H3,(H,26,31). The summed E-state index contributed by atoms with van der Waals surface area (Å²) in [6.45, 7) is 3.07. The van der Waals surface area contributed by atoms with E-state index in [1.54, 1.807) is 39.2 Å². The molecule has 0 bridgehead atoms. The van der Waals surface area contributed by atoms with Crippen LogP contribution in [-0.4, -0.2) is 71.6 Å². The zero-order chi connectivity index (χ0) is 21.6. The van der Waals surface area contributed by atoms with E-state index in [-0.39, 0.29) is 0 Å². The van der Waals surface area contributed by atoms with E-state index >= 15 is 0 Å². The molecule has 2 aromatic heterocycles. The summed E-state index contributed by atoms with van der Waals surface area (Å²) in [5.41, 5.74) is 4.71. The molecule has 0 atom stereocenters. The van der Waals surface area contributed by atoms with Gasteiger partial charge in [0.2, 0.25) is 0 Å². The molecule has 0 saturated carbocycles. The van der Waals surface area contributed by atoms with Gasteiger partial charge in [0.1, 0.15) is 12.1 Å². The molecule has 1 aliphatic heterocycles. The lowest BCUT2D eigenvalue weighted by Gasteiger charge is -2.36. The highest BCUT2D eigenvalue weighted by molar-refractivity contribution is 7.80. The summed E-state index contributed by atoms with van der Waals surface area (Å²) < 4.78 is 10.8. The van der Waals surface area contributed by atoms with Crippen LogP contribution in [0.3, 0.4) is 0 Å². The minimum atomic E-state index is 0.601. The maximum absolute atomic E-state index is 5.50. The Morgan fingerprint density at radius 3 is 2.48 bits per heavy atom. The molecule has 0 unspecified atom stereocenters. The number of hydrogen-bond donors (Lipinski definition) is 1. The summed E-state index contributed by atoms with van der Waals surface area (Å²) in [6, 6.07) is 7.55. The van der Waals surface area contributed by atoms with Gasteiger partial charge in [0, 0.05) is 50.0 Å². The molecule has 0 aliphatic carbocycles. The van der Waals surface area contributed by atoms with E-state index in [0.29, 0.717) is 16.6 Å². The lowest BCUT2D eigenvalue weighted by molar-refractivity contribution is 0.355. The number of anilines is 1. The molecule has 160 valence electrons. The van der Waals surface area contributed by atoms with Gasteiger partial charge in [0.25, 0.3) is 0 Å². The van der Waals surface area contributed by atoms with Crippen molar-refractivity contribution in [3.05, 3.63) is 48.5 Å². The zero-order valence-corrected chi connectivity index (χ0v) is 18.2. The van der Waals surface area contributed by atoms with Crippen LogP contribution in [0.1, 0.15) is 5.56 Å². The highest BCUT2D eigenvalue weighted by Crippen LogP contribution is 2.34. The number of pyridine rings is 1. The molecule has 0 amide bonds. The van der Waals surface area contributed by atoms with E-state index in [1.807, 2.05) is 24.3 Å². The predicted molar refractivity (Wildman–Crippen MR) is 124 cm³/mol. The van der Waals surface area contributed by atoms with Crippen LogP contribution in [0.25, 0.3) is 10.9 Å². The number of hydrogen-bond acceptors (Lipinski definition) is 8. The zero-order valence-electron chi connectivity index (χ0n) is 17.4. The van der Waals surface area contributed by atoms with Crippen molar-refractivity contribution in [2.45, 2.75) is 0 Å². The Hall–Kier alpha value is -3.53. The first-order valence-corrected chi connectivity index (χ1v) is 10.2. The van der Waals surface area contributed by atoms with E-state index in [0.717, 1.165) is 48.5 Å². The van der Waals surface area contributed by atoms with Gasteiger partial charge in [-0.1, -0.05) is 0 Å². The molecule has 0 radical (unpaired) electrons. The number of nitrogens with one attached hydrogen (secondary N) is 1. The summed E-state index contributed by atoms with van der Waals surface area (Å²) in [6.07, 6.45) is 6.75. The van der Waals surface area contributed by atoms with Crippen LogP contribution in [0.5, 0.6) is 11.5 Å². The second-order valence-electron chi connectivity index (χ2n) is 6.85. The van der Waals surface area contributed by atoms with Gasteiger partial charge in [-0.3, -0.25) is 10.4 Å². The van der Waals surface area contributed by atoms with Crippen molar-refractivity contribution in [1.82, 2.24) is 25.3 Å². The van der Waals surface area contributed by atoms with Crippen molar-refractivity contribution in [1.29, 1.82) is 0 Å². The number of benzene rings is 1. The molecule has 1 N–H and O–H groups in total. The van der Waals surface area contributed by atoms with Gasteiger partial charge in [-0.25, -0.2) is 9.97 Å². The van der Waals surface area contributed by atoms with Crippen molar-refractivity contribution >= 4 is 40.3 Å². The Bertz CT molecular complexity index is 1090. The van der Waals surface area contributed by atoms with Crippen LogP contribution in [0.4, 0.5) is 5.82 Å². The number of hydrazone groups is 1. The van der Waals surface area contributed by atoms with Crippen LogP contribution >= 0.6 is 12.2 Å². The Kier molecular flexibility index (Phi) is 6.37. The molecule has 3 heterocycles. The molecule has 0 spiro atoms. The van der Waals surface area contributed by atoms with Gasteiger partial charge in [0.05, 0.1) is 26.0 Å². The fraction of sp³-hybridized carbons (Fsp3) is 0.286. The predicted octanol–water partition coefficient (Wildman–Crippen LogP) is 2.07. The maximum Gasteiger partial charge on any atom is 0.189 e. The SMILES string of the molecule is COc1cc2ncnc(N3CCN(C(=S)NN=Cc4ccncc4)CC3)c2cc1OC. The van der Waals surface area contributed by atoms with E-state index in [9.17, 15) is 0 Å². The largest absolute Gasteiger partial charge is 0.493 e. The molecular formula is C21H23N7O2S. The molecule has 3 aromatic rings. The summed E-state index contributed by atoms with van der Waals surface area (Å²) in [7, 11) is 3.24. The molecule has 9 nitrogen and oxygen atoms in total. The third kappa shape index (κ3) is 4.64. The van der Waals surface area contributed by atoms with Gasteiger partial charge < -0.3 is 19.3 Å². The quantitative estimate of drug-likeness (QED) is 0.366. The Morgan fingerprint density at radius 1 is 1.06 bits per heavy atom. The van der Waals surface area contributed by atoms with Crippen molar-refractivity contribution in [3.8, 4) is 11.5 Å². The van der Waals surface area contributed by atoms with Gasteiger partial charge in [-0.2, -0.15) is 5.10 Å². The molecule has 1 aliphatic rings. The van der Waals surface area contributed by atoms with Gasteiger partial charge in [0.15, 0.2) is 16.6 Å². The fourth-order valence-corrected chi connectivity index (χ4v) is 3.66. The first-order valence-electron chi connectivity index (χ1n) is 9.79. The Balaban J connectivity index is 1.42. The van der Waals surface area contributed by atoms with E-state index in [4.69, 9.17) is 21.7 Å². The molecule has 1 saturated heterocycles. The molecule has 4 rings (SSSR count). The molecule has 31 heavy (non-hydrogen) atoms. The highest BCUT2D eigenvalue weighted by Gasteiger charge is 2.22. The highest BCUT2D eigenvalue weighted by atomic mass is 32.1. The third-order valence-electron chi connectivity index (χ3n) is 5.07. The van der Waals surface area contributed by atoms with Gasteiger partial charge >= 0.3 is 0 Å². The van der Waals surface area contributed by atoms with Gasteiger partial charge in [-0.15, -0.1) is 0 Å². The molecule has 1 fully saturated rings. The van der Waals surface area contributed by atoms with Crippen molar-refractivity contribution in [2.75, 3.05) is 45.3 Å². The summed E-state index contributed by atoms with van der Waals surface area (Å²) in [4.78, 5) is 17.2. The first kappa shape index (κ1) is 20.7. The molecule has 1 aromatic carbocycles.